The van der Waals surface area contributed by atoms with Crippen molar-refractivity contribution in [3.8, 4) is 17.2 Å². The summed E-state index contributed by atoms with van der Waals surface area (Å²) >= 11 is 0. The Kier molecular flexibility index (Phi) is 4.33. The van der Waals surface area contributed by atoms with Gasteiger partial charge in [-0.2, -0.15) is 0 Å². The fourth-order valence-electron chi connectivity index (χ4n) is 1.38. The molecule has 0 spiro atoms. The van der Waals surface area contributed by atoms with E-state index in [2.05, 4.69) is 4.74 Å². The largest absolute Gasteiger partial charge is 0.504 e. The first-order valence-electron chi connectivity index (χ1n) is 5.20. The first kappa shape index (κ1) is 14.0. The first-order chi connectivity index (χ1) is 8.40. The standard InChI is InChI=1S/C11H14FNO5/c1-2-18-11(17)7(12)8(13)5-3-4-6(14)10(16)9(5)15/h3-4,7-8,14-16H,2,13H2,1H3/t7?,8-/m1/s1. The number of carbonyl (C=O) groups is 1. The summed E-state index contributed by atoms with van der Waals surface area (Å²) in [4.78, 5) is 11.2. The van der Waals surface area contributed by atoms with Crippen LogP contribution in [0.2, 0.25) is 0 Å². The number of hydrogen-bond donors (Lipinski definition) is 4. The van der Waals surface area contributed by atoms with Crippen LogP contribution in [0.1, 0.15) is 18.5 Å². The van der Waals surface area contributed by atoms with E-state index in [1.54, 1.807) is 0 Å². The zero-order chi connectivity index (χ0) is 13.9. The van der Waals surface area contributed by atoms with Gasteiger partial charge in [-0.1, -0.05) is 0 Å². The summed E-state index contributed by atoms with van der Waals surface area (Å²) in [5.74, 6) is -3.32. The average molecular weight is 259 g/mol. The van der Waals surface area contributed by atoms with Crippen molar-refractivity contribution in [1.82, 2.24) is 0 Å². The van der Waals surface area contributed by atoms with E-state index in [0.717, 1.165) is 12.1 Å². The van der Waals surface area contributed by atoms with Crippen molar-refractivity contribution in [3.05, 3.63) is 17.7 Å². The van der Waals surface area contributed by atoms with Gasteiger partial charge in [-0.15, -0.1) is 0 Å². The lowest BCUT2D eigenvalue weighted by Gasteiger charge is -2.17. The molecule has 0 aliphatic heterocycles. The van der Waals surface area contributed by atoms with Crippen LogP contribution in [-0.2, 0) is 9.53 Å². The summed E-state index contributed by atoms with van der Waals surface area (Å²) in [6.07, 6.45) is -2.18. The van der Waals surface area contributed by atoms with Crippen LogP contribution < -0.4 is 5.73 Å². The van der Waals surface area contributed by atoms with Crippen molar-refractivity contribution in [1.29, 1.82) is 0 Å². The molecule has 0 bridgehead atoms. The van der Waals surface area contributed by atoms with E-state index in [-0.39, 0.29) is 12.2 Å². The number of alkyl halides is 1. The first-order valence-corrected chi connectivity index (χ1v) is 5.20. The SMILES string of the molecule is CCOC(=O)C(F)[C@H](N)c1ccc(O)c(O)c1O. The monoisotopic (exact) mass is 259 g/mol. The Morgan fingerprint density at radius 1 is 1.39 bits per heavy atom. The molecule has 0 saturated carbocycles. The third-order valence-corrected chi connectivity index (χ3v) is 2.35. The molecule has 1 rings (SSSR count). The van der Waals surface area contributed by atoms with Gasteiger partial charge in [-0.25, -0.2) is 9.18 Å². The Hall–Kier alpha value is -2.02. The lowest BCUT2D eigenvalue weighted by Crippen LogP contribution is -2.31. The molecule has 6 nitrogen and oxygen atoms in total. The van der Waals surface area contributed by atoms with Crippen LogP contribution >= 0.6 is 0 Å². The van der Waals surface area contributed by atoms with Gasteiger partial charge >= 0.3 is 5.97 Å². The molecule has 0 aliphatic carbocycles. The van der Waals surface area contributed by atoms with E-state index in [1.165, 1.54) is 6.92 Å². The molecule has 2 atom stereocenters. The number of nitrogens with two attached hydrogens (primary N) is 1. The summed E-state index contributed by atoms with van der Waals surface area (Å²) in [6.45, 7) is 1.51. The molecule has 0 heterocycles. The zero-order valence-electron chi connectivity index (χ0n) is 9.63. The summed E-state index contributed by atoms with van der Waals surface area (Å²) in [6, 6.07) is 0.638. The third kappa shape index (κ3) is 2.62. The number of ether oxygens (including phenoxy) is 1. The number of phenols is 3. The number of phenolic OH excluding ortho intramolecular Hbond substituents is 3. The van der Waals surface area contributed by atoms with Gasteiger partial charge in [0, 0.05) is 5.56 Å². The molecule has 0 amide bonds. The van der Waals surface area contributed by atoms with Gasteiger partial charge < -0.3 is 25.8 Å². The lowest BCUT2D eigenvalue weighted by atomic mass is 10.0. The highest BCUT2D eigenvalue weighted by atomic mass is 19.1. The minimum Gasteiger partial charge on any atom is -0.504 e. The van der Waals surface area contributed by atoms with E-state index in [9.17, 15) is 19.4 Å². The predicted octanol–water partition coefficient (Wildman–Crippen LogP) is 0.704. The van der Waals surface area contributed by atoms with E-state index in [0.29, 0.717) is 0 Å². The van der Waals surface area contributed by atoms with E-state index < -0.39 is 35.4 Å². The van der Waals surface area contributed by atoms with Crippen molar-refractivity contribution in [2.75, 3.05) is 6.61 Å². The zero-order valence-corrected chi connectivity index (χ0v) is 9.63. The maximum Gasteiger partial charge on any atom is 0.342 e. The Labute approximate surface area is 102 Å². The molecular formula is C11H14FNO5. The van der Waals surface area contributed by atoms with Crippen LogP contribution in [0.25, 0.3) is 0 Å². The highest BCUT2D eigenvalue weighted by Crippen LogP contribution is 2.40. The minimum absolute atomic E-state index is 0.00121. The Morgan fingerprint density at radius 3 is 2.56 bits per heavy atom. The van der Waals surface area contributed by atoms with Crippen LogP contribution in [0.3, 0.4) is 0 Å². The molecule has 0 saturated heterocycles. The Bertz CT molecular complexity index is 451. The molecule has 1 unspecified atom stereocenters. The Balaban J connectivity index is 3.00. The number of hydrogen-bond acceptors (Lipinski definition) is 6. The number of esters is 1. The molecular weight excluding hydrogens is 245 g/mol. The molecule has 0 aromatic heterocycles. The van der Waals surface area contributed by atoms with Crippen LogP contribution in [0.15, 0.2) is 12.1 Å². The minimum atomic E-state index is -2.18. The molecule has 0 radical (unpaired) electrons. The molecule has 0 fully saturated rings. The number of rotatable bonds is 4. The van der Waals surface area contributed by atoms with E-state index in [1.807, 2.05) is 0 Å². The number of aromatic hydroxyl groups is 3. The van der Waals surface area contributed by atoms with Gasteiger partial charge in [0.1, 0.15) is 0 Å². The summed E-state index contributed by atoms with van der Waals surface area (Å²) in [5.41, 5.74) is 5.26. The van der Waals surface area contributed by atoms with Gasteiger partial charge in [0.15, 0.2) is 11.5 Å². The molecule has 18 heavy (non-hydrogen) atoms. The number of benzene rings is 1. The molecule has 7 heteroatoms. The van der Waals surface area contributed by atoms with Gasteiger partial charge in [0.05, 0.1) is 12.6 Å². The highest BCUT2D eigenvalue weighted by Gasteiger charge is 2.30. The highest BCUT2D eigenvalue weighted by molar-refractivity contribution is 5.76. The molecule has 1 aromatic rings. The van der Waals surface area contributed by atoms with Crippen LogP contribution in [0, 0.1) is 0 Å². The second-order valence-corrected chi connectivity index (χ2v) is 3.55. The van der Waals surface area contributed by atoms with Crippen LogP contribution in [-0.4, -0.2) is 34.1 Å². The lowest BCUT2D eigenvalue weighted by molar-refractivity contribution is -0.149. The normalized spacial score (nSPS) is 13.9. The molecule has 1 aromatic carbocycles. The van der Waals surface area contributed by atoms with Crippen molar-refractivity contribution < 1.29 is 29.2 Å². The smallest absolute Gasteiger partial charge is 0.342 e. The molecule has 0 aliphatic rings. The predicted molar refractivity (Wildman–Crippen MR) is 59.9 cm³/mol. The van der Waals surface area contributed by atoms with E-state index >= 15 is 0 Å². The van der Waals surface area contributed by atoms with Gasteiger partial charge in [-0.05, 0) is 19.1 Å². The van der Waals surface area contributed by atoms with Crippen molar-refractivity contribution >= 4 is 5.97 Å². The van der Waals surface area contributed by atoms with Crippen molar-refractivity contribution in [2.45, 2.75) is 19.1 Å². The quantitative estimate of drug-likeness (QED) is 0.467. The maximum atomic E-state index is 13.6. The summed E-state index contributed by atoms with van der Waals surface area (Å²) in [7, 11) is 0. The summed E-state index contributed by atoms with van der Waals surface area (Å²) in [5, 5.41) is 27.9. The van der Waals surface area contributed by atoms with Crippen LogP contribution in [0.5, 0.6) is 17.2 Å². The van der Waals surface area contributed by atoms with Crippen molar-refractivity contribution in [2.24, 2.45) is 5.73 Å². The summed E-state index contributed by atoms with van der Waals surface area (Å²) < 4.78 is 18.1. The number of carbonyl (C=O) groups excluding carboxylic acids is 1. The van der Waals surface area contributed by atoms with Gasteiger partial charge in [0.25, 0.3) is 0 Å². The van der Waals surface area contributed by atoms with Crippen LogP contribution in [0.4, 0.5) is 4.39 Å². The second kappa shape index (κ2) is 5.54. The third-order valence-electron chi connectivity index (χ3n) is 2.35. The maximum absolute atomic E-state index is 13.6. The van der Waals surface area contributed by atoms with Gasteiger partial charge in [0.2, 0.25) is 11.9 Å². The average Bonchev–Trinajstić information content (AvgIpc) is 2.35. The topological polar surface area (TPSA) is 113 Å². The van der Waals surface area contributed by atoms with E-state index in [4.69, 9.17) is 10.8 Å². The van der Waals surface area contributed by atoms with Crippen molar-refractivity contribution in [3.63, 3.8) is 0 Å². The van der Waals surface area contributed by atoms with Gasteiger partial charge in [-0.3, -0.25) is 0 Å². The Morgan fingerprint density at radius 2 is 2.00 bits per heavy atom. The number of halogens is 1. The second-order valence-electron chi connectivity index (χ2n) is 3.55. The molecule has 5 N–H and O–H groups in total. The fourth-order valence-corrected chi connectivity index (χ4v) is 1.38. The molecule has 100 valence electrons. The fraction of sp³-hybridized carbons (Fsp3) is 0.364.